The van der Waals surface area contributed by atoms with Crippen molar-refractivity contribution in [2.24, 2.45) is 0 Å². The largest absolute Gasteiger partial charge is 0.496 e. The Morgan fingerprint density at radius 3 is 2.67 bits per heavy atom. The van der Waals surface area contributed by atoms with Crippen LogP contribution < -0.4 is 4.74 Å². The van der Waals surface area contributed by atoms with Crippen molar-refractivity contribution in [2.45, 2.75) is 32.2 Å². The van der Waals surface area contributed by atoms with E-state index in [1.165, 1.54) is 42.4 Å². The molecule has 0 radical (unpaired) electrons. The third kappa shape index (κ3) is 3.14. The molecule has 1 aliphatic carbocycles. The van der Waals surface area contributed by atoms with Crippen molar-refractivity contribution in [1.29, 1.82) is 0 Å². The van der Waals surface area contributed by atoms with Crippen molar-refractivity contribution >= 4 is 5.57 Å². The number of methoxy groups -OCH3 is 1. The second kappa shape index (κ2) is 6.05. The van der Waals surface area contributed by atoms with Crippen molar-refractivity contribution in [1.82, 2.24) is 4.90 Å². The zero-order valence-electron chi connectivity index (χ0n) is 11.7. The molecule has 0 aromatic heterocycles. The summed E-state index contributed by atoms with van der Waals surface area (Å²) in [4.78, 5) is 2.16. The highest BCUT2D eigenvalue weighted by Crippen LogP contribution is 2.30. The molecule has 2 heteroatoms. The maximum Gasteiger partial charge on any atom is 0.123 e. The summed E-state index contributed by atoms with van der Waals surface area (Å²) in [6.45, 7) is 0.919. The summed E-state index contributed by atoms with van der Waals surface area (Å²) < 4.78 is 5.52. The molecule has 2 nitrogen and oxygen atoms in total. The maximum atomic E-state index is 5.52. The lowest BCUT2D eigenvalue weighted by molar-refractivity contribution is 0.372. The minimum absolute atomic E-state index is 0.919. The van der Waals surface area contributed by atoms with Crippen molar-refractivity contribution in [3.8, 4) is 5.75 Å². The summed E-state index contributed by atoms with van der Waals surface area (Å²) in [7, 11) is 5.92. The van der Waals surface area contributed by atoms with E-state index < -0.39 is 0 Å². The van der Waals surface area contributed by atoms with Crippen molar-refractivity contribution < 1.29 is 4.74 Å². The van der Waals surface area contributed by atoms with Gasteiger partial charge in [0, 0.05) is 12.1 Å². The number of benzene rings is 1. The van der Waals surface area contributed by atoms with Gasteiger partial charge in [-0.15, -0.1) is 0 Å². The second-order valence-electron chi connectivity index (χ2n) is 5.24. The topological polar surface area (TPSA) is 12.5 Å². The van der Waals surface area contributed by atoms with E-state index in [1.54, 1.807) is 7.11 Å². The number of hydrogen-bond donors (Lipinski definition) is 0. The smallest absolute Gasteiger partial charge is 0.123 e. The molecule has 0 saturated heterocycles. The van der Waals surface area contributed by atoms with E-state index in [4.69, 9.17) is 4.74 Å². The lowest BCUT2D eigenvalue weighted by Gasteiger charge is -2.17. The molecule has 0 saturated carbocycles. The van der Waals surface area contributed by atoms with E-state index in [0.717, 1.165) is 12.3 Å². The molecule has 0 fully saturated rings. The van der Waals surface area contributed by atoms with Crippen molar-refractivity contribution in [2.75, 3.05) is 21.2 Å². The van der Waals surface area contributed by atoms with Crippen LogP contribution in [0.4, 0.5) is 0 Å². The lowest BCUT2D eigenvalue weighted by Crippen LogP contribution is -2.11. The quantitative estimate of drug-likeness (QED) is 0.801. The Morgan fingerprint density at radius 2 is 2.06 bits per heavy atom. The molecule has 18 heavy (non-hydrogen) atoms. The van der Waals surface area contributed by atoms with Gasteiger partial charge in [-0.3, -0.25) is 0 Å². The van der Waals surface area contributed by atoms with Gasteiger partial charge in [-0.2, -0.15) is 0 Å². The molecule has 0 aliphatic heterocycles. The van der Waals surface area contributed by atoms with E-state index in [0.29, 0.717) is 0 Å². The average Bonchev–Trinajstić information content (AvgIpc) is 2.39. The highest BCUT2D eigenvalue weighted by Gasteiger charge is 2.10. The van der Waals surface area contributed by atoms with Crippen LogP contribution in [0.3, 0.4) is 0 Å². The maximum absolute atomic E-state index is 5.52. The first-order valence-electron chi connectivity index (χ1n) is 6.72. The van der Waals surface area contributed by atoms with Gasteiger partial charge in [0.25, 0.3) is 0 Å². The predicted octanol–water partition coefficient (Wildman–Crippen LogP) is 3.71. The first-order valence-corrected chi connectivity index (χ1v) is 6.72. The van der Waals surface area contributed by atoms with Crippen molar-refractivity contribution in [3.05, 3.63) is 35.4 Å². The Morgan fingerprint density at radius 1 is 1.22 bits per heavy atom. The fraction of sp³-hybridized carbons (Fsp3) is 0.500. The summed E-state index contributed by atoms with van der Waals surface area (Å²) in [6, 6.07) is 6.62. The molecule has 0 heterocycles. The van der Waals surface area contributed by atoms with Gasteiger partial charge < -0.3 is 9.64 Å². The van der Waals surface area contributed by atoms with Crippen LogP contribution in [0.25, 0.3) is 5.57 Å². The van der Waals surface area contributed by atoms with Crippen LogP contribution in [-0.4, -0.2) is 26.1 Å². The first-order chi connectivity index (χ1) is 8.70. The minimum Gasteiger partial charge on any atom is -0.496 e. The van der Waals surface area contributed by atoms with Crippen LogP contribution in [0.1, 0.15) is 36.8 Å². The summed E-state index contributed by atoms with van der Waals surface area (Å²) in [6.07, 6.45) is 7.45. The molecule has 2 rings (SSSR count). The molecule has 1 aromatic carbocycles. The Balaban J connectivity index is 2.26. The monoisotopic (exact) mass is 245 g/mol. The van der Waals surface area contributed by atoms with Gasteiger partial charge in [-0.05, 0) is 57.0 Å². The molecule has 0 spiro atoms. The van der Waals surface area contributed by atoms with Gasteiger partial charge in [0.05, 0.1) is 7.11 Å². The normalized spacial score (nSPS) is 15.7. The third-order valence-corrected chi connectivity index (χ3v) is 3.44. The molecule has 98 valence electrons. The second-order valence-corrected chi connectivity index (χ2v) is 5.24. The van der Waals surface area contributed by atoms with Crippen molar-refractivity contribution in [3.63, 3.8) is 0 Å². The van der Waals surface area contributed by atoms with Crippen LogP contribution in [0.2, 0.25) is 0 Å². The SMILES string of the molecule is COc1cc(C2=CCCCC2)ccc1CN(C)C. The van der Waals surface area contributed by atoms with Crippen LogP contribution >= 0.6 is 0 Å². The van der Waals surface area contributed by atoms with E-state index in [-0.39, 0.29) is 0 Å². The Labute approximate surface area is 110 Å². The van der Waals surface area contributed by atoms with Crippen LogP contribution in [-0.2, 0) is 6.54 Å². The molecule has 0 unspecified atom stereocenters. The van der Waals surface area contributed by atoms with Gasteiger partial charge >= 0.3 is 0 Å². The number of ether oxygens (including phenoxy) is 1. The highest BCUT2D eigenvalue weighted by atomic mass is 16.5. The number of rotatable bonds is 4. The summed E-state index contributed by atoms with van der Waals surface area (Å²) >= 11 is 0. The van der Waals surface area contributed by atoms with Crippen LogP contribution in [0.15, 0.2) is 24.3 Å². The molecular weight excluding hydrogens is 222 g/mol. The molecule has 1 aliphatic rings. The summed E-state index contributed by atoms with van der Waals surface area (Å²) in [5, 5.41) is 0. The van der Waals surface area contributed by atoms with E-state index in [2.05, 4.69) is 43.3 Å². The average molecular weight is 245 g/mol. The predicted molar refractivity (Wildman–Crippen MR) is 76.8 cm³/mol. The lowest BCUT2D eigenvalue weighted by atomic mass is 9.93. The van der Waals surface area contributed by atoms with Gasteiger partial charge in [0.1, 0.15) is 5.75 Å². The van der Waals surface area contributed by atoms with E-state index in [1.807, 2.05) is 0 Å². The van der Waals surface area contributed by atoms with Crippen LogP contribution in [0, 0.1) is 0 Å². The first kappa shape index (κ1) is 13.2. The standard InChI is InChI=1S/C16H23NO/c1-17(2)12-15-10-9-14(11-16(15)18-3)13-7-5-4-6-8-13/h7,9-11H,4-6,8,12H2,1-3H3. The molecule has 0 atom stereocenters. The van der Waals surface area contributed by atoms with E-state index in [9.17, 15) is 0 Å². The molecule has 0 amide bonds. The fourth-order valence-electron chi connectivity index (χ4n) is 2.52. The summed E-state index contributed by atoms with van der Waals surface area (Å²) in [5.41, 5.74) is 4.06. The van der Waals surface area contributed by atoms with E-state index >= 15 is 0 Å². The molecule has 1 aromatic rings. The van der Waals surface area contributed by atoms with Gasteiger partial charge in [-0.1, -0.05) is 18.2 Å². The van der Waals surface area contributed by atoms with Gasteiger partial charge in [0.2, 0.25) is 0 Å². The number of hydrogen-bond acceptors (Lipinski definition) is 2. The van der Waals surface area contributed by atoms with Gasteiger partial charge in [-0.25, -0.2) is 0 Å². The molecule has 0 N–H and O–H groups in total. The Kier molecular flexibility index (Phi) is 4.43. The number of nitrogens with zero attached hydrogens (tertiary/aromatic N) is 1. The molecular formula is C16H23NO. The summed E-state index contributed by atoms with van der Waals surface area (Å²) in [5.74, 6) is 1.01. The number of allylic oxidation sites excluding steroid dienone is 2. The van der Waals surface area contributed by atoms with Gasteiger partial charge in [0.15, 0.2) is 0 Å². The fourth-order valence-corrected chi connectivity index (χ4v) is 2.52. The zero-order valence-corrected chi connectivity index (χ0v) is 11.7. The Bertz CT molecular complexity index is 435. The molecule has 0 bridgehead atoms. The Hall–Kier alpha value is -1.28. The minimum atomic E-state index is 0.919. The highest BCUT2D eigenvalue weighted by molar-refractivity contribution is 5.68. The van der Waals surface area contributed by atoms with Crippen LogP contribution in [0.5, 0.6) is 5.75 Å². The third-order valence-electron chi connectivity index (χ3n) is 3.44. The zero-order chi connectivity index (χ0) is 13.0.